The highest BCUT2D eigenvalue weighted by Gasteiger charge is 2.51. The molecule has 4 bridgehead atoms. The molecule has 1 aromatic heterocycles. The summed E-state index contributed by atoms with van der Waals surface area (Å²) in [6, 6.07) is 1.84. The van der Waals surface area contributed by atoms with Crippen LogP contribution in [0, 0.1) is 17.8 Å². The number of aromatic nitrogens is 2. The molecule has 1 aliphatic heterocycles. The number of rotatable bonds is 4. The Labute approximate surface area is 155 Å². The number of carbonyl (C=O) groups excluding carboxylic acids is 1. The molecular weight excluding hydrogens is 326 g/mol. The van der Waals surface area contributed by atoms with Crippen LogP contribution < -0.4 is 10.2 Å². The number of nitrogens with one attached hydrogen (secondary N) is 1. The average molecular weight is 355 g/mol. The van der Waals surface area contributed by atoms with Crippen molar-refractivity contribution in [1.82, 2.24) is 20.2 Å². The van der Waals surface area contributed by atoms with Gasteiger partial charge in [-0.25, -0.2) is 9.97 Å². The van der Waals surface area contributed by atoms with Gasteiger partial charge in [0.25, 0.3) is 0 Å². The van der Waals surface area contributed by atoms with E-state index in [9.17, 15) is 4.79 Å². The third kappa shape index (κ3) is 3.20. The lowest BCUT2D eigenvalue weighted by atomic mass is 9.53. The maximum atomic E-state index is 12.8. The van der Waals surface area contributed by atoms with Crippen molar-refractivity contribution in [2.75, 3.05) is 37.6 Å². The van der Waals surface area contributed by atoms with Gasteiger partial charge in [0.2, 0.25) is 11.9 Å². The predicted octanol–water partition coefficient (Wildman–Crippen LogP) is 1.68. The molecule has 6 rings (SSSR count). The second kappa shape index (κ2) is 6.48. The standard InChI is InChI=1S/C20H29N5O/c26-18(23-20-11-15-8-16(12-20)10-17(9-15)13-20)14-24-4-6-25(7-5-24)19-21-2-1-3-22-19/h1-3,15-17H,4-14H2,(H,23,26). The zero-order valence-corrected chi connectivity index (χ0v) is 15.4. The highest BCUT2D eigenvalue weighted by atomic mass is 16.2. The molecule has 5 aliphatic rings. The summed E-state index contributed by atoms with van der Waals surface area (Å²) in [4.78, 5) is 25.9. The van der Waals surface area contributed by atoms with E-state index in [1.165, 1.54) is 38.5 Å². The number of nitrogens with zero attached hydrogens (tertiary/aromatic N) is 4. The summed E-state index contributed by atoms with van der Waals surface area (Å²) in [6.45, 7) is 4.09. The molecule has 1 saturated heterocycles. The lowest BCUT2D eigenvalue weighted by Crippen LogP contribution is -2.61. The molecule has 0 radical (unpaired) electrons. The van der Waals surface area contributed by atoms with E-state index in [2.05, 4.69) is 25.1 Å². The maximum Gasteiger partial charge on any atom is 0.234 e. The van der Waals surface area contributed by atoms with E-state index in [0.29, 0.717) is 6.54 Å². The summed E-state index contributed by atoms with van der Waals surface area (Å²) in [5, 5.41) is 3.50. The summed E-state index contributed by atoms with van der Waals surface area (Å²) in [7, 11) is 0. The molecule has 0 unspecified atom stereocenters. The summed E-state index contributed by atoms with van der Waals surface area (Å²) < 4.78 is 0. The number of amides is 1. The van der Waals surface area contributed by atoms with Crippen molar-refractivity contribution in [1.29, 1.82) is 0 Å². The fourth-order valence-electron chi connectivity index (χ4n) is 6.36. The molecule has 0 spiro atoms. The van der Waals surface area contributed by atoms with Gasteiger partial charge in [-0.2, -0.15) is 0 Å². The minimum absolute atomic E-state index is 0.130. The van der Waals surface area contributed by atoms with Gasteiger partial charge in [0.05, 0.1) is 6.54 Å². The molecule has 5 fully saturated rings. The van der Waals surface area contributed by atoms with Gasteiger partial charge in [-0.1, -0.05) is 0 Å². The molecule has 0 aromatic carbocycles. The Hall–Kier alpha value is -1.69. The molecule has 140 valence electrons. The van der Waals surface area contributed by atoms with Gasteiger partial charge in [0.15, 0.2) is 0 Å². The summed E-state index contributed by atoms with van der Waals surface area (Å²) in [6.07, 6.45) is 11.5. The van der Waals surface area contributed by atoms with Crippen LogP contribution in [0.4, 0.5) is 5.95 Å². The van der Waals surface area contributed by atoms with Crippen LogP contribution in [-0.2, 0) is 4.79 Å². The van der Waals surface area contributed by atoms with Gasteiger partial charge in [-0.15, -0.1) is 0 Å². The van der Waals surface area contributed by atoms with E-state index < -0.39 is 0 Å². The van der Waals surface area contributed by atoms with Crippen molar-refractivity contribution >= 4 is 11.9 Å². The molecule has 1 aromatic rings. The normalized spacial score (nSPS) is 36.3. The van der Waals surface area contributed by atoms with Gasteiger partial charge < -0.3 is 10.2 Å². The minimum atomic E-state index is 0.130. The van der Waals surface area contributed by atoms with Crippen molar-refractivity contribution in [3.63, 3.8) is 0 Å². The SMILES string of the molecule is O=C(CN1CCN(c2ncccn2)CC1)NC12CC3CC(CC(C3)C1)C2. The Morgan fingerprint density at radius 3 is 2.15 bits per heavy atom. The highest BCUT2D eigenvalue weighted by Crippen LogP contribution is 2.55. The maximum absolute atomic E-state index is 12.8. The molecule has 1 N–H and O–H groups in total. The molecule has 2 heterocycles. The molecule has 1 amide bonds. The van der Waals surface area contributed by atoms with Crippen LogP contribution in [0.25, 0.3) is 0 Å². The monoisotopic (exact) mass is 355 g/mol. The van der Waals surface area contributed by atoms with Gasteiger partial charge in [-0.3, -0.25) is 9.69 Å². The molecule has 4 saturated carbocycles. The summed E-state index contributed by atoms with van der Waals surface area (Å²) in [5.74, 6) is 3.64. The minimum Gasteiger partial charge on any atom is -0.350 e. The summed E-state index contributed by atoms with van der Waals surface area (Å²) in [5.41, 5.74) is 0.130. The zero-order chi connectivity index (χ0) is 17.6. The Morgan fingerprint density at radius 2 is 1.58 bits per heavy atom. The van der Waals surface area contributed by atoms with E-state index in [0.717, 1.165) is 49.9 Å². The van der Waals surface area contributed by atoms with E-state index in [4.69, 9.17) is 0 Å². The van der Waals surface area contributed by atoms with Crippen LogP contribution in [0.15, 0.2) is 18.5 Å². The van der Waals surface area contributed by atoms with Crippen molar-refractivity contribution in [3.05, 3.63) is 18.5 Å². The summed E-state index contributed by atoms with van der Waals surface area (Å²) >= 11 is 0. The van der Waals surface area contributed by atoms with Crippen LogP contribution in [0.3, 0.4) is 0 Å². The Balaban J connectivity index is 1.14. The lowest BCUT2D eigenvalue weighted by molar-refractivity contribution is -0.128. The van der Waals surface area contributed by atoms with Crippen LogP contribution in [-0.4, -0.2) is 59.0 Å². The first kappa shape index (κ1) is 16.5. The van der Waals surface area contributed by atoms with E-state index in [-0.39, 0.29) is 11.4 Å². The number of hydrogen-bond acceptors (Lipinski definition) is 5. The molecule has 26 heavy (non-hydrogen) atoms. The first-order valence-electron chi connectivity index (χ1n) is 10.2. The molecule has 6 nitrogen and oxygen atoms in total. The number of carbonyl (C=O) groups is 1. The Kier molecular flexibility index (Phi) is 4.11. The number of piperazine rings is 1. The first-order valence-corrected chi connectivity index (χ1v) is 10.2. The number of anilines is 1. The Bertz CT molecular complexity index is 620. The second-order valence-corrected chi connectivity index (χ2v) is 9.06. The third-order valence-electron chi connectivity index (χ3n) is 7.02. The van der Waals surface area contributed by atoms with Crippen LogP contribution in [0.5, 0.6) is 0 Å². The van der Waals surface area contributed by atoms with E-state index >= 15 is 0 Å². The second-order valence-electron chi connectivity index (χ2n) is 9.06. The quantitative estimate of drug-likeness (QED) is 0.890. The fourth-order valence-corrected chi connectivity index (χ4v) is 6.36. The van der Waals surface area contributed by atoms with Gasteiger partial charge in [0, 0.05) is 44.1 Å². The largest absolute Gasteiger partial charge is 0.350 e. The highest BCUT2D eigenvalue weighted by molar-refractivity contribution is 5.79. The smallest absolute Gasteiger partial charge is 0.234 e. The predicted molar refractivity (Wildman–Crippen MR) is 99.7 cm³/mol. The van der Waals surface area contributed by atoms with Gasteiger partial charge >= 0.3 is 0 Å². The van der Waals surface area contributed by atoms with Crippen LogP contribution in [0.2, 0.25) is 0 Å². The molecule has 0 atom stereocenters. The van der Waals surface area contributed by atoms with Crippen molar-refractivity contribution in [3.8, 4) is 0 Å². The van der Waals surface area contributed by atoms with Crippen molar-refractivity contribution in [2.45, 2.75) is 44.1 Å². The molecule has 4 aliphatic carbocycles. The molecule has 6 heteroatoms. The van der Waals surface area contributed by atoms with Gasteiger partial charge in [-0.05, 0) is 62.3 Å². The van der Waals surface area contributed by atoms with E-state index in [1.54, 1.807) is 12.4 Å². The first-order chi connectivity index (χ1) is 12.7. The topological polar surface area (TPSA) is 61.4 Å². The lowest BCUT2D eigenvalue weighted by Gasteiger charge is -2.57. The zero-order valence-electron chi connectivity index (χ0n) is 15.4. The molecular formula is C20H29N5O. The van der Waals surface area contributed by atoms with Crippen LogP contribution >= 0.6 is 0 Å². The third-order valence-corrected chi connectivity index (χ3v) is 7.02. The van der Waals surface area contributed by atoms with Crippen molar-refractivity contribution in [2.24, 2.45) is 17.8 Å². The van der Waals surface area contributed by atoms with Crippen LogP contribution in [0.1, 0.15) is 38.5 Å². The fraction of sp³-hybridized carbons (Fsp3) is 0.750. The van der Waals surface area contributed by atoms with E-state index in [1.807, 2.05) is 6.07 Å². The van der Waals surface area contributed by atoms with Crippen molar-refractivity contribution < 1.29 is 4.79 Å². The number of hydrogen-bond donors (Lipinski definition) is 1. The Morgan fingerprint density at radius 1 is 1.00 bits per heavy atom. The average Bonchev–Trinajstić information content (AvgIpc) is 2.61. The van der Waals surface area contributed by atoms with Gasteiger partial charge in [0.1, 0.15) is 0 Å².